The van der Waals surface area contributed by atoms with Crippen molar-refractivity contribution in [2.45, 2.75) is 26.7 Å². The lowest BCUT2D eigenvalue weighted by atomic mass is 10.3. The Labute approximate surface area is 119 Å². The maximum Gasteiger partial charge on any atom is 0.230 e. The first-order chi connectivity index (χ1) is 9.27. The lowest BCUT2D eigenvalue weighted by Crippen LogP contribution is -2.27. The molecule has 102 valence electrons. The minimum absolute atomic E-state index is 0.635. The molecule has 0 aliphatic rings. The minimum Gasteiger partial charge on any atom is -0.341 e. The number of benzene rings is 1. The number of para-hydroxylation sites is 1. The van der Waals surface area contributed by atoms with Crippen molar-refractivity contribution in [1.29, 1.82) is 0 Å². The first-order valence-corrected chi connectivity index (χ1v) is 7.16. The van der Waals surface area contributed by atoms with E-state index in [-0.39, 0.29) is 0 Å². The van der Waals surface area contributed by atoms with Gasteiger partial charge < -0.3 is 4.90 Å². The van der Waals surface area contributed by atoms with Crippen LogP contribution >= 0.6 is 12.2 Å². The zero-order valence-electron chi connectivity index (χ0n) is 11.5. The standard InChI is InChI=1S/C14H20N4S/c1-3-5-11-17(4-2)13-15-16-14(19)18(13)12-9-7-6-8-10-12/h6-10H,3-5,11H2,1-2H3,(H,16,19). The Morgan fingerprint density at radius 3 is 2.63 bits per heavy atom. The fraction of sp³-hybridized carbons (Fsp3) is 0.429. The summed E-state index contributed by atoms with van der Waals surface area (Å²) in [6.45, 7) is 6.26. The number of anilines is 1. The average molecular weight is 276 g/mol. The second kappa shape index (κ2) is 6.52. The van der Waals surface area contributed by atoms with Gasteiger partial charge in [0.25, 0.3) is 0 Å². The SMILES string of the molecule is CCCCN(CC)c1n[nH]c(=S)n1-c1ccccc1. The quantitative estimate of drug-likeness (QED) is 0.820. The molecule has 4 nitrogen and oxygen atoms in total. The highest BCUT2D eigenvalue weighted by Gasteiger charge is 2.13. The van der Waals surface area contributed by atoms with Crippen LogP contribution in [0.15, 0.2) is 30.3 Å². The van der Waals surface area contributed by atoms with Crippen LogP contribution in [0.3, 0.4) is 0 Å². The van der Waals surface area contributed by atoms with E-state index < -0.39 is 0 Å². The van der Waals surface area contributed by atoms with Crippen LogP contribution < -0.4 is 4.90 Å². The van der Waals surface area contributed by atoms with Gasteiger partial charge in [-0.05, 0) is 37.7 Å². The Kier molecular flexibility index (Phi) is 4.74. The van der Waals surface area contributed by atoms with Gasteiger partial charge >= 0.3 is 0 Å². The van der Waals surface area contributed by atoms with E-state index in [2.05, 4.69) is 28.9 Å². The predicted molar refractivity (Wildman–Crippen MR) is 81.5 cm³/mol. The molecule has 2 rings (SSSR count). The number of hydrogen-bond donors (Lipinski definition) is 1. The van der Waals surface area contributed by atoms with Crippen molar-refractivity contribution in [1.82, 2.24) is 14.8 Å². The fourth-order valence-electron chi connectivity index (χ4n) is 2.06. The summed E-state index contributed by atoms with van der Waals surface area (Å²) in [6.07, 6.45) is 2.33. The zero-order chi connectivity index (χ0) is 13.7. The van der Waals surface area contributed by atoms with Gasteiger partial charge in [-0.15, -0.1) is 5.10 Å². The van der Waals surface area contributed by atoms with Gasteiger partial charge in [-0.2, -0.15) is 0 Å². The van der Waals surface area contributed by atoms with Gasteiger partial charge in [-0.25, -0.2) is 5.10 Å². The Morgan fingerprint density at radius 1 is 1.26 bits per heavy atom. The van der Waals surface area contributed by atoms with E-state index in [0.717, 1.165) is 31.1 Å². The maximum absolute atomic E-state index is 5.35. The van der Waals surface area contributed by atoms with E-state index in [4.69, 9.17) is 12.2 Å². The molecule has 5 heteroatoms. The first kappa shape index (κ1) is 13.8. The summed E-state index contributed by atoms with van der Waals surface area (Å²) in [5, 5.41) is 7.29. The smallest absolute Gasteiger partial charge is 0.230 e. The summed E-state index contributed by atoms with van der Waals surface area (Å²) in [5.41, 5.74) is 1.05. The topological polar surface area (TPSA) is 36.9 Å². The van der Waals surface area contributed by atoms with Gasteiger partial charge in [0.1, 0.15) is 0 Å². The third-order valence-electron chi connectivity index (χ3n) is 3.12. The van der Waals surface area contributed by atoms with E-state index in [1.54, 1.807) is 0 Å². The molecular weight excluding hydrogens is 256 g/mol. The van der Waals surface area contributed by atoms with Gasteiger partial charge in [0.15, 0.2) is 0 Å². The molecule has 19 heavy (non-hydrogen) atoms. The number of unbranched alkanes of at least 4 members (excludes halogenated alkanes) is 1. The molecule has 0 radical (unpaired) electrons. The summed E-state index contributed by atoms with van der Waals surface area (Å²) in [7, 11) is 0. The van der Waals surface area contributed by atoms with Crippen molar-refractivity contribution < 1.29 is 0 Å². The molecule has 1 heterocycles. The summed E-state index contributed by atoms with van der Waals surface area (Å²) >= 11 is 5.35. The number of nitrogens with zero attached hydrogens (tertiary/aromatic N) is 3. The van der Waals surface area contributed by atoms with Crippen LogP contribution in [0.1, 0.15) is 26.7 Å². The van der Waals surface area contributed by atoms with Crippen molar-refractivity contribution in [2.75, 3.05) is 18.0 Å². The van der Waals surface area contributed by atoms with Crippen LogP contribution in [-0.4, -0.2) is 27.9 Å². The largest absolute Gasteiger partial charge is 0.341 e. The van der Waals surface area contributed by atoms with Crippen LogP contribution in [0.2, 0.25) is 0 Å². The monoisotopic (exact) mass is 276 g/mol. The van der Waals surface area contributed by atoms with Gasteiger partial charge in [0.2, 0.25) is 10.7 Å². The van der Waals surface area contributed by atoms with Crippen LogP contribution in [0.25, 0.3) is 5.69 Å². The van der Waals surface area contributed by atoms with E-state index in [1.807, 2.05) is 34.9 Å². The summed E-state index contributed by atoms with van der Waals surface area (Å²) in [6, 6.07) is 10.1. The Morgan fingerprint density at radius 2 is 2.00 bits per heavy atom. The Bertz CT molecular complexity index is 558. The predicted octanol–water partition coefficient (Wildman–Crippen LogP) is 3.56. The molecule has 0 atom stereocenters. The molecule has 0 amide bonds. The van der Waals surface area contributed by atoms with Crippen LogP contribution in [0.4, 0.5) is 5.95 Å². The van der Waals surface area contributed by atoms with Crippen LogP contribution in [0.5, 0.6) is 0 Å². The molecule has 0 fully saturated rings. The number of aromatic amines is 1. The molecule has 0 aliphatic carbocycles. The average Bonchev–Trinajstić information content (AvgIpc) is 2.83. The Hall–Kier alpha value is -1.62. The van der Waals surface area contributed by atoms with Gasteiger partial charge in [0, 0.05) is 13.1 Å². The zero-order valence-corrected chi connectivity index (χ0v) is 12.3. The highest BCUT2D eigenvalue weighted by molar-refractivity contribution is 7.71. The molecule has 0 aliphatic heterocycles. The number of rotatable bonds is 6. The molecule has 0 bridgehead atoms. The lowest BCUT2D eigenvalue weighted by molar-refractivity contribution is 0.706. The van der Waals surface area contributed by atoms with Crippen molar-refractivity contribution in [3.63, 3.8) is 0 Å². The number of aromatic nitrogens is 3. The Balaban J connectivity index is 2.39. The van der Waals surface area contributed by atoms with Gasteiger partial charge in [0.05, 0.1) is 5.69 Å². The van der Waals surface area contributed by atoms with Crippen molar-refractivity contribution in [3.8, 4) is 5.69 Å². The summed E-state index contributed by atoms with van der Waals surface area (Å²) in [5.74, 6) is 0.896. The number of hydrogen-bond acceptors (Lipinski definition) is 3. The highest BCUT2D eigenvalue weighted by Crippen LogP contribution is 2.18. The molecule has 2 aromatic rings. The minimum atomic E-state index is 0.635. The summed E-state index contributed by atoms with van der Waals surface area (Å²) < 4.78 is 2.63. The van der Waals surface area contributed by atoms with Gasteiger partial charge in [-0.1, -0.05) is 31.5 Å². The third-order valence-corrected chi connectivity index (χ3v) is 3.39. The molecular formula is C14H20N4S. The second-order valence-corrected chi connectivity index (χ2v) is 4.82. The van der Waals surface area contributed by atoms with Crippen molar-refractivity contribution >= 4 is 18.2 Å². The highest BCUT2D eigenvalue weighted by atomic mass is 32.1. The molecule has 0 saturated carbocycles. The molecule has 1 aromatic carbocycles. The molecule has 1 aromatic heterocycles. The summed E-state index contributed by atoms with van der Waals surface area (Å²) in [4.78, 5) is 2.25. The van der Waals surface area contributed by atoms with Crippen LogP contribution in [0, 0.1) is 4.77 Å². The van der Waals surface area contributed by atoms with Crippen molar-refractivity contribution in [3.05, 3.63) is 35.1 Å². The fourth-order valence-corrected chi connectivity index (χ4v) is 2.29. The second-order valence-electron chi connectivity index (χ2n) is 4.43. The van der Waals surface area contributed by atoms with Crippen LogP contribution in [-0.2, 0) is 0 Å². The van der Waals surface area contributed by atoms with E-state index >= 15 is 0 Å². The molecule has 1 N–H and O–H groups in total. The van der Waals surface area contributed by atoms with E-state index in [9.17, 15) is 0 Å². The molecule has 0 spiro atoms. The maximum atomic E-state index is 5.35. The number of nitrogens with one attached hydrogen (secondary N) is 1. The first-order valence-electron chi connectivity index (χ1n) is 6.75. The van der Waals surface area contributed by atoms with E-state index in [1.165, 1.54) is 6.42 Å². The molecule has 0 saturated heterocycles. The normalized spacial score (nSPS) is 10.6. The lowest BCUT2D eigenvalue weighted by Gasteiger charge is -2.22. The molecule has 0 unspecified atom stereocenters. The van der Waals surface area contributed by atoms with Gasteiger partial charge in [-0.3, -0.25) is 4.57 Å². The van der Waals surface area contributed by atoms with Crippen molar-refractivity contribution in [2.24, 2.45) is 0 Å². The third kappa shape index (κ3) is 3.04. The number of H-pyrrole nitrogens is 1. The van der Waals surface area contributed by atoms with E-state index in [0.29, 0.717) is 4.77 Å².